The van der Waals surface area contributed by atoms with Crippen LogP contribution in [-0.4, -0.2) is 28.8 Å². The van der Waals surface area contributed by atoms with Gasteiger partial charge in [0.05, 0.1) is 23.3 Å². The number of fused-ring (bicyclic) bond motifs is 1. The lowest BCUT2D eigenvalue weighted by molar-refractivity contribution is 0.599. The molecule has 0 unspecified atom stereocenters. The van der Waals surface area contributed by atoms with E-state index in [0.29, 0.717) is 22.5 Å². The molecule has 1 aromatic carbocycles. The van der Waals surface area contributed by atoms with E-state index in [2.05, 4.69) is 14.8 Å². The van der Waals surface area contributed by atoms with Gasteiger partial charge in [-0.05, 0) is 31.2 Å². The number of nitriles is 1. The number of hydrogen-bond donors (Lipinski definition) is 1. The van der Waals surface area contributed by atoms with E-state index in [-0.39, 0.29) is 11.4 Å². The Morgan fingerprint density at radius 3 is 2.88 bits per heavy atom. The van der Waals surface area contributed by atoms with Gasteiger partial charge in [0.1, 0.15) is 17.4 Å². The highest BCUT2D eigenvalue weighted by atomic mass is 32.2. The first-order valence-corrected chi connectivity index (χ1v) is 8.63. The molecule has 0 saturated carbocycles. The first-order chi connectivity index (χ1) is 11.4. The highest BCUT2D eigenvalue weighted by molar-refractivity contribution is 7.92. The smallest absolute Gasteiger partial charge is 0.232 e. The van der Waals surface area contributed by atoms with Gasteiger partial charge in [0, 0.05) is 11.8 Å². The van der Waals surface area contributed by atoms with Crippen molar-refractivity contribution in [3.05, 3.63) is 48.0 Å². The largest absolute Gasteiger partial charge is 0.281 e. The Labute approximate surface area is 137 Å². The van der Waals surface area contributed by atoms with Crippen molar-refractivity contribution in [3.63, 3.8) is 0 Å². The molecule has 0 atom stereocenters. The van der Waals surface area contributed by atoms with E-state index < -0.39 is 15.8 Å². The second-order valence-electron chi connectivity index (χ2n) is 4.94. The van der Waals surface area contributed by atoms with E-state index in [9.17, 15) is 12.8 Å². The van der Waals surface area contributed by atoms with Crippen molar-refractivity contribution in [2.75, 3.05) is 10.5 Å². The van der Waals surface area contributed by atoms with E-state index in [1.165, 1.54) is 42.0 Å². The third-order valence-electron chi connectivity index (χ3n) is 3.43. The molecule has 3 rings (SSSR count). The lowest BCUT2D eigenvalue weighted by Gasteiger charge is -2.10. The molecule has 24 heavy (non-hydrogen) atoms. The topological polar surface area (TPSA) is 100 Å². The molecule has 122 valence electrons. The highest BCUT2D eigenvalue weighted by Crippen LogP contribution is 2.26. The van der Waals surface area contributed by atoms with Crippen molar-refractivity contribution in [2.45, 2.75) is 6.92 Å². The van der Waals surface area contributed by atoms with Gasteiger partial charge in [-0.2, -0.15) is 10.4 Å². The first-order valence-electron chi connectivity index (χ1n) is 6.98. The SMILES string of the molecule is CCS(=O)(=O)Nc1cc(-c2ccnc3c(C#N)cnn23)ccc1F. The molecule has 0 spiro atoms. The number of hydrogen-bond acceptors (Lipinski definition) is 5. The van der Waals surface area contributed by atoms with Crippen molar-refractivity contribution in [1.29, 1.82) is 5.26 Å². The van der Waals surface area contributed by atoms with Crippen LogP contribution in [-0.2, 0) is 10.0 Å². The van der Waals surface area contributed by atoms with Gasteiger partial charge in [-0.15, -0.1) is 0 Å². The second-order valence-corrected chi connectivity index (χ2v) is 6.95. The van der Waals surface area contributed by atoms with Crippen LogP contribution in [0.25, 0.3) is 16.9 Å². The Morgan fingerprint density at radius 1 is 1.38 bits per heavy atom. The van der Waals surface area contributed by atoms with Crippen molar-refractivity contribution in [2.24, 2.45) is 0 Å². The lowest BCUT2D eigenvalue weighted by Crippen LogP contribution is -2.15. The van der Waals surface area contributed by atoms with Crippen LogP contribution in [0.15, 0.2) is 36.7 Å². The Bertz CT molecular complexity index is 1070. The summed E-state index contributed by atoms with van der Waals surface area (Å²) in [5.41, 5.74) is 1.62. The van der Waals surface area contributed by atoms with E-state index >= 15 is 0 Å². The van der Waals surface area contributed by atoms with E-state index in [4.69, 9.17) is 5.26 Å². The van der Waals surface area contributed by atoms with Crippen LogP contribution in [0.3, 0.4) is 0 Å². The van der Waals surface area contributed by atoms with Crippen LogP contribution in [0, 0.1) is 17.1 Å². The number of anilines is 1. The molecule has 0 aliphatic heterocycles. The van der Waals surface area contributed by atoms with Crippen molar-refractivity contribution < 1.29 is 12.8 Å². The summed E-state index contributed by atoms with van der Waals surface area (Å²) in [5.74, 6) is -0.847. The summed E-state index contributed by atoms with van der Waals surface area (Å²) in [6, 6.07) is 7.69. The minimum atomic E-state index is -3.60. The zero-order valence-corrected chi connectivity index (χ0v) is 13.4. The predicted molar refractivity (Wildman–Crippen MR) is 86.2 cm³/mol. The van der Waals surface area contributed by atoms with Gasteiger partial charge >= 0.3 is 0 Å². The summed E-state index contributed by atoms with van der Waals surface area (Å²) in [4.78, 5) is 4.10. The highest BCUT2D eigenvalue weighted by Gasteiger charge is 2.14. The fourth-order valence-electron chi connectivity index (χ4n) is 2.19. The molecule has 0 amide bonds. The number of aromatic nitrogens is 3. The molecule has 2 heterocycles. The first kappa shape index (κ1) is 15.9. The monoisotopic (exact) mass is 345 g/mol. The summed E-state index contributed by atoms with van der Waals surface area (Å²) < 4.78 is 40.9. The van der Waals surface area contributed by atoms with E-state index in [1.807, 2.05) is 6.07 Å². The zero-order valence-electron chi connectivity index (χ0n) is 12.6. The number of rotatable bonds is 4. The fraction of sp³-hybridized carbons (Fsp3) is 0.133. The zero-order chi connectivity index (χ0) is 17.3. The predicted octanol–water partition coefficient (Wildman–Crippen LogP) is 2.17. The summed E-state index contributed by atoms with van der Waals surface area (Å²) >= 11 is 0. The summed E-state index contributed by atoms with van der Waals surface area (Å²) in [6.07, 6.45) is 2.89. The number of nitrogens with one attached hydrogen (secondary N) is 1. The van der Waals surface area contributed by atoms with Crippen molar-refractivity contribution in [1.82, 2.24) is 14.6 Å². The summed E-state index contributed by atoms with van der Waals surface area (Å²) in [7, 11) is -3.60. The van der Waals surface area contributed by atoms with Gasteiger partial charge in [-0.3, -0.25) is 4.72 Å². The Balaban J connectivity index is 2.15. The van der Waals surface area contributed by atoms with E-state index in [1.54, 1.807) is 6.07 Å². The molecule has 0 bridgehead atoms. The molecule has 0 aliphatic carbocycles. The number of benzene rings is 1. The maximum absolute atomic E-state index is 13.9. The molecule has 0 aliphatic rings. The van der Waals surface area contributed by atoms with Crippen LogP contribution >= 0.6 is 0 Å². The minimum Gasteiger partial charge on any atom is -0.281 e. The third kappa shape index (κ3) is 2.79. The molecule has 7 nitrogen and oxygen atoms in total. The van der Waals surface area contributed by atoms with Crippen molar-refractivity contribution in [3.8, 4) is 17.3 Å². The normalized spacial score (nSPS) is 11.4. The maximum atomic E-state index is 13.9. The van der Waals surface area contributed by atoms with Crippen LogP contribution in [0.4, 0.5) is 10.1 Å². The van der Waals surface area contributed by atoms with Crippen LogP contribution in [0.1, 0.15) is 12.5 Å². The van der Waals surface area contributed by atoms with Crippen LogP contribution in [0.5, 0.6) is 0 Å². The quantitative estimate of drug-likeness (QED) is 0.781. The van der Waals surface area contributed by atoms with Gasteiger partial charge in [-0.1, -0.05) is 0 Å². The molecular weight excluding hydrogens is 333 g/mol. The number of halogens is 1. The van der Waals surface area contributed by atoms with Gasteiger partial charge < -0.3 is 0 Å². The summed E-state index contributed by atoms with van der Waals surface area (Å²) in [6.45, 7) is 1.46. The molecule has 1 N–H and O–H groups in total. The average molecular weight is 345 g/mol. The van der Waals surface area contributed by atoms with E-state index in [0.717, 1.165) is 0 Å². The minimum absolute atomic E-state index is 0.146. The second kappa shape index (κ2) is 5.90. The molecule has 0 saturated heterocycles. The average Bonchev–Trinajstić information content (AvgIpc) is 3.00. The molecule has 0 radical (unpaired) electrons. The summed E-state index contributed by atoms with van der Waals surface area (Å²) in [5, 5.41) is 13.2. The van der Waals surface area contributed by atoms with Gasteiger partial charge in [0.15, 0.2) is 5.65 Å². The van der Waals surface area contributed by atoms with Crippen LogP contribution in [0.2, 0.25) is 0 Å². The molecular formula is C15H12FN5O2S. The molecule has 0 fully saturated rings. The standard InChI is InChI=1S/C15H12FN5O2S/c1-2-24(22,23)20-13-7-10(3-4-12(13)16)14-5-6-18-15-11(8-17)9-19-21(14)15/h3-7,9,20H,2H2,1H3. The Morgan fingerprint density at radius 2 is 2.17 bits per heavy atom. The van der Waals surface area contributed by atoms with Crippen LogP contribution < -0.4 is 4.72 Å². The molecule has 2 aromatic heterocycles. The molecule has 3 aromatic rings. The van der Waals surface area contributed by atoms with Gasteiger partial charge in [-0.25, -0.2) is 22.3 Å². The number of sulfonamides is 1. The van der Waals surface area contributed by atoms with Gasteiger partial charge in [0.25, 0.3) is 0 Å². The third-order valence-corrected chi connectivity index (χ3v) is 4.72. The molecule has 9 heteroatoms. The number of nitrogens with zero attached hydrogens (tertiary/aromatic N) is 4. The Kier molecular flexibility index (Phi) is 3.91. The maximum Gasteiger partial charge on any atom is 0.232 e. The fourth-order valence-corrected chi connectivity index (χ4v) is 2.83. The van der Waals surface area contributed by atoms with Gasteiger partial charge in [0.2, 0.25) is 10.0 Å². The Hall–Kier alpha value is -2.99. The van der Waals surface area contributed by atoms with Crippen molar-refractivity contribution >= 4 is 21.4 Å². The lowest BCUT2D eigenvalue weighted by atomic mass is 10.1.